The van der Waals surface area contributed by atoms with Crippen LogP contribution in [-0.2, 0) is 14.3 Å². The van der Waals surface area contributed by atoms with Gasteiger partial charge in [-0.2, -0.15) is 0 Å². The molecule has 2 N–H and O–H groups in total. The third-order valence-electron chi connectivity index (χ3n) is 4.89. The predicted molar refractivity (Wildman–Crippen MR) is 114 cm³/mol. The van der Waals surface area contributed by atoms with Crippen LogP contribution in [0.2, 0.25) is 5.02 Å². The first-order valence-corrected chi connectivity index (χ1v) is 10.5. The van der Waals surface area contributed by atoms with Gasteiger partial charge in [0.15, 0.2) is 0 Å². The number of carbonyl (C=O) groups is 3. The van der Waals surface area contributed by atoms with Crippen molar-refractivity contribution in [3.05, 3.63) is 70.5 Å². The lowest BCUT2D eigenvalue weighted by Crippen LogP contribution is -2.46. The first-order valence-electron chi connectivity index (χ1n) is 10.1. The van der Waals surface area contributed by atoms with Crippen molar-refractivity contribution < 1.29 is 23.5 Å². The molecule has 1 aliphatic rings. The molecule has 2 aromatic carbocycles. The molecule has 3 rings (SSSR count). The minimum Gasteiger partial charge on any atom is -0.446 e. The summed E-state index contributed by atoms with van der Waals surface area (Å²) in [6.45, 7) is 3.49. The zero-order valence-electron chi connectivity index (χ0n) is 17.2. The molecule has 31 heavy (non-hydrogen) atoms. The van der Waals surface area contributed by atoms with Gasteiger partial charge >= 0.3 is 5.97 Å². The second kappa shape index (κ2) is 9.92. The highest BCUT2D eigenvalue weighted by molar-refractivity contribution is 6.33. The average molecular weight is 447 g/mol. The van der Waals surface area contributed by atoms with E-state index in [1.165, 1.54) is 24.3 Å². The second-order valence-corrected chi connectivity index (χ2v) is 8.23. The van der Waals surface area contributed by atoms with Gasteiger partial charge in [0.1, 0.15) is 11.9 Å². The van der Waals surface area contributed by atoms with Crippen LogP contribution in [0.3, 0.4) is 0 Å². The zero-order chi connectivity index (χ0) is 22.5. The summed E-state index contributed by atoms with van der Waals surface area (Å²) in [6.07, 6.45) is 0.462. The van der Waals surface area contributed by atoms with Gasteiger partial charge in [-0.1, -0.05) is 49.7 Å². The van der Waals surface area contributed by atoms with Gasteiger partial charge in [0.25, 0.3) is 11.8 Å². The molecule has 1 saturated carbocycles. The van der Waals surface area contributed by atoms with E-state index >= 15 is 0 Å². The lowest BCUT2D eigenvalue weighted by atomic mass is 10.0. The minimum atomic E-state index is -1.26. The Morgan fingerprint density at radius 1 is 1.06 bits per heavy atom. The average Bonchev–Trinajstić information content (AvgIpc) is 3.54. The molecule has 2 amide bonds. The van der Waals surface area contributed by atoms with Crippen molar-refractivity contribution >= 4 is 29.4 Å². The summed E-state index contributed by atoms with van der Waals surface area (Å²) in [6, 6.07) is 10.7. The van der Waals surface area contributed by atoms with E-state index in [0.717, 1.165) is 12.8 Å². The van der Waals surface area contributed by atoms with E-state index in [4.69, 9.17) is 16.3 Å². The minimum absolute atomic E-state index is 0.0509. The van der Waals surface area contributed by atoms with Gasteiger partial charge in [-0.15, -0.1) is 0 Å². The van der Waals surface area contributed by atoms with Crippen LogP contribution < -0.4 is 10.6 Å². The normalized spacial score (nSPS) is 15.1. The number of halogens is 2. The molecule has 164 valence electrons. The van der Waals surface area contributed by atoms with E-state index < -0.39 is 35.7 Å². The van der Waals surface area contributed by atoms with Gasteiger partial charge in [0, 0.05) is 11.6 Å². The van der Waals surface area contributed by atoms with Crippen molar-refractivity contribution in [3.8, 4) is 0 Å². The number of carbonyl (C=O) groups excluding carboxylic acids is 3. The second-order valence-electron chi connectivity index (χ2n) is 7.83. The third-order valence-corrected chi connectivity index (χ3v) is 5.22. The molecule has 8 heteroatoms. The summed E-state index contributed by atoms with van der Waals surface area (Å²) in [5.74, 6) is -2.57. The molecule has 0 saturated heterocycles. The molecule has 0 aromatic heterocycles. The Hall–Kier alpha value is -2.93. The zero-order valence-corrected chi connectivity index (χ0v) is 18.0. The summed E-state index contributed by atoms with van der Waals surface area (Å²) >= 11 is 6.07. The third kappa shape index (κ3) is 6.04. The van der Waals surface area contributed by atoms with Crippen LogP contribution >= 0.6 is 11.6 Å². The van der Waals surface area contributed by atoms with E-state index in [9.17, 15) is 18.8 Å². The fraction of sp³-hybridized carbons (Fsp3) is 0.348. The summed E-state index contributed by atoms with van der Waals surface area (Å²) in [7, 11) is 0. The molecule has 6 nitrogen and oxygen atoms in total. The van der Waals surface area contributed by atoms with Crippen molar-refractivity contribution in [2.24, 2.45) is 5.92 Å². The van der Waals surface area contributed by atoms with E-state index in [0.29, 0.717) is 5.56 Å². The molecule has 0 aliphatic heterocycles. The fourth-order valence-electron chi connectivity index (χ4n) is 2.97. The van der Waals surface area contributed by atoms with Gasteiger partial charge < -0.3 is 15.4 Å². The maximum atomic E-state index is 13.3. The van der Waals surface area contributed by atoms with E-state index in [-0.39, 0.29) is 22.5 Å². The Balaban J connectivity index is 1.78. The number of benzene rings is 2. The van der Waals surface area contributed by atoms with Gasteiger partial charge in [0.2, 0.25) is 6.10 Å². The van der Waals surface area contributed by atoms with Crippen LogP contribution in [0.1, 0.15) is 48.7 Å². The first-order chi connectivity index (χ1) is 14.8. The molecule has 2 atom stereocenters. The fourth-order valence-corrected chi connectivity index (χ4v) is 3.19. The van der Waals surface area contributed by atoms with E-state index in [1.807, 2.05) is 0 Å². The van der Waals surface area contributed by atoms with Gasteiger partial charge in [0.05, 0.1) is 10.6 Å². The van der Waals surface area contributed by atoms with Crippen LogP contribution in [0, 0.1) is 11.7 Å². The monoisotopic (exact) mass is 446 g/mol. The van der Waals surface area contributed by atoms with Crippen LogP contribution in [-0.4, -0.2) is 29.9 Å². The summed E-state index contributed by atoms with van der Waals surface area (Å²) in [5.41, 5.74) is 0.567. The smallest absolute Gasteiger partial charge is 0.330 e. The Morgan fingerprint density at radius 2 is 1.71 bits per heavy atom. The Kier molecular flexibility index (Phi) is 7.28. The Labute approximate surface area is 185 Å². The Morgan fingerprint density at radius 3 is 2.29 bits per heavy atom. The van der Waals surface area contributed by atoms with Crippen molar-refractivity contribution in [2.75, 3.05) is 0 Å². The van der Waals surface area contributed by atoms with Crippen LogP contribution in [0.25, 0.3) is 0 Å². The number of amides is 2. The number of hydrogen-bond acceptors (Lipinski definition) is 4. The molecule has 2 aromatic rings. The number of rotatable bonds is 8. The number of hydrogen-bond donors (Lipinski definition) is 2. The summed E-state index contributed by atoms with van der Waals surface area (Å²) < 4.78 is 18.9. The molecular weight excluding hydrogens is 423 g/mol. The number of ether oxygens (including phenoxy) is 1. The van der Waals surface area contributed by atoms with Crippen LogP contribution in [0.4, 0.5) is 4.39 Å². The first kappa shape index (κ1) is 22.7. The standard InChI is InChI=1S/C23H24ClFN2O4/c1-13(2)19(27-21(28)17-5-3-4-6-18(17)24)23(30)31-20(22(29)26-16-11-12-16)14-7-9-15(25)10-8-14/h3-10,13,16,19-20H,11-12H2,1-2H3,(H,26,29)(H,27,28)/t19-,20?/m0/s1. The lowest BCUT2D eigenvalue weighted by molar-refractivity contribution is -0.159. The molecule has 0 bridgehead atoms. The maximum Gasteiger partial charge on any atom is 0.330 e. The SMILES string of the molecule is CC(C)[C@H](NC(=O)c1ccccc1Cl)C(=O)OC(C(=O)NC1CC1)c1ccc(F)cc1. The molecule has 0 spiro atoms. The number of esters is 1. The molecule has 0 heterocycles. The summed E-state index contributed by atoms with van der Waals surface area (Å²) in [4.78, 5) is 38.3. The van der Waals surface area contributed by atoms with Crippen molar-refractivity contribution in [1.82, 2.24) is 10.6 Å². The largest absolute Gasteiger partial charge is 0.446 e. The van der Waals surface area contributed by atoms with Gasteiger partial charge in [-0.3, -0.25) is 9.59 Å². The highest BCUT2D eigenvalue weighted by Crippen LogP contribution is 2.24. The van der Waals surface area contributed by atoms with Crippen molar-refractivity contribution in [2.45, 2.75) is 44.9 Å². The van der Waals surface area contributed by atoms with Crippen LogP contribution in [0.5, 0.6) is 0 Å². The van der Waals surface area contributed by atoms with E-state index in [1.54, 1.807) is 38.1 Å². The van der Waals surface area contributed by atoms with E-state index in [2.05, 4.69) is 10.6 Å². The van der Waals surface area contributed by atoms with Crippen molar-refractivity contribution in [3.63, 3.8) is 0 Å². The summed E-state index contributed by atoms with van der Waals surface area (Å²) in [5, 5.41) is 5.70. The Bertz CT molecular complexity index is 960. The lowest BCUT2D eigenvalue weighted by Gasteiger charge is -2.25. The number of nitrogens with one attached hydrogen (secondary N) is 2. The van der Waals surface area contributed by atoms with Crippen LogP contribution in [0.15, 0.2) is 48.5 Å². The van der Waals surface area contributed by atoms with Gasteiger partial charge in [-0.05, 0) is 43.0 Å². The molecule has 1 aliphatic carbocycles. The predicted octanol–water partition coefficient (Wildman–Crippen LogP) is 3.80. The topological polar surface area (TPSA) is 84.5 Å². The molecule has 0 radical (unpaired) electrons. The van der Waals surface area contributed by atoms with Crippen molar-refractivity contribution in [1.29, 1.82) is 0 Å². The molecular formula is C23H24ClFN2O4. The molecule has 1 fully saturated rings. The maximum absolute atomic E-state index is 13.3. The molecule has 1 unspecified atom stereocenters. The quantitative estimate of drug-likeness (QED) is 0.604. The highest BCUT2D eigenvalue weighted by Gasteiger charge is 2.34. The van der Waals surface area contributed by atoms with Gasteiger partial charge in [-0.25, -0.2) is 9.18 Å². The highest BCUT2D eigenvalue weighted by atomic mass is 35.5.